The molecule has 7 heteroatoms. The van der Waals surface area contributed by atoms with Crippen molar-refractivity contribution in [2.75, 3.05) is 18.5 Å². The minimum atomic E-state index is -0.609. The maximum absolute atomic E-state index is 12.7. The average Bonchev–Trinajstić information content (AvgIpc) is 2.86. The van der Waals surface area contributed by atoms with Gasteiger partial charge in [-0.05, 0) is 64.7 Å². The number of hydrogen-bond acceptors (Lipinski definition) is 4. The van der Waals surface area contributed by atoms with Gasteiger partial charge in [-0.2, -0.15) is 0 Å². The molecule has 2 N–H and O–H groups in total. The lowest BCUT2D eigenvalue weighted by Crippen LogP contribution is -2.46. The van der Waals surface area contributed by atoms with Crippen LogP contribution in [0.3, 0.4) is 0 Å². The molecule has 1 aromatic carbocycles. The zero-order valence-electron chi connectivity index (χ0n) is 16.1. The summed E-state index contributed by atoms with van der Waals surface area (Å²) >= 11 is 0. The average molecular weight is 373 g/mol. The number of benzene rings is 1. The van der Waals surface area contributed by atoms with Gasteiger partial charge in [0.1, 0.15) is 0 Å². The zero-order chi connectivity index (χ0) is 19.8. The van der Waals surface area contributed by atoms with Crippen molar-refractivity contribution < 1.29 is 19.5 Å². The molecule has 1 fully saturated rings. The monoisotopic (exact) mass is 373 g/mol. The first-order chi connectivity index (χ1) is 12.7. The van der Waals surface area contributed by atoms with Crippen molar-refractivity contribution >= 4 is 23.5 Å². The molecule has 146 valence electrons. The Balaban J connectivity index is 1.79. The highest BCUT2D eigenvalue weighted by molar-refractivity contribution is 6.22. The van der Waals surface area contributed by atoms with Crippen molar-refractivity contribution in [2.24, 2.45) is 0 Å². The van der Waals surface area contributed by atoms with E-state index in [1.54, 1.807) is 23.1 Å². The molecule has 1 aromatic rings. The molecule has 0 saturated carbocycles. The second-order valence-corrected chi connectivity index (χ2v) is 8.16. The second-order valence-electron chi connectivity index (χ2n) is 8.16. The molecule has 27 heavy (non-hydrogen) atoms. The molecule has 2 heterocycles. The fourth-order valence-corrected chi connectivity index (χ4v) is 3.84. The summed E-state index contributed by atoms with van der Waals surface area (Å²) in [5.74, 6) is -0.644. The van der Waals surface area contributed by atoms with Crippen molar-refractivity contribution in [3.63, 3.8) is 0 Å². The maximum Gasteiger partial charge on any atom is 0.322 e. The third-order valence-corrected chi connectivity index (χ3v) is 5.16. The largest absolute Gasteiger partial charge is 0.396 e. The summed E-state index contributed by atoms with van der Waals surface area (Å²) in [5.41, 5.74) is 0.563. The Kier molecular flexibility index (Phi) is 5.24. The van der Waals surface area contributed by atoms with Crippen LogP contribution < -0.4 is 5.32 Å². The summed E-state index contributed by atoms with van der Waals surface area (Å²) in [5, 5.41) is 12.1. The predicted octanol–water partition coefficient (Wildman–Crippen LogP) is 2.85. The van der Waals surface area contributed by atoms with E-state index in [9.17, 15) is 19.5 Å². The Morgan fingerprint density at radius 1 is 1.19 bits per heavy atom. The number of hydrogen-bond donors (Lipinski definition) is 2. The number of anilines is 1. The number of fused-ring (bicyclic) bond motifs is 1. The number of amides is 4. The third kappa shape index (κ3) is 3.69. The molecule has 0 radical (unpaired) electrons. The highest BCUT2D eigenvalue weighted by Crippen LogP contribution is 2.31. The van der Waals surface area contributed by atoms with Gasteiger partial charge in [-0.1, -0.05) is 0 Å². The number of carbonyl (C=O) groups is 3. The number of carbonyl (C=O) groups excluding carboxylic acids is 3. The van der Waals surface area contributed by atoms with Gasteiger partial charge in [-0.3, -0.25) is 14.5 Å². The number of nitrogens with zero attached hydrogens (tertiary/aromatic N) is 2. The van der Waals surface area contributed by atoms with E-state index in [0.29, 0.717) is 29.8 Å². The van der Waals surface area contributed by atoms with Crippen LogP contribution in [0.4, 0.5) is 10.5 Å². The van der Waals surface area contributed by atoms with Crippen molar-refractivity contribution in [3.8, 4) is 0 Å². The standard InChI is InChI=1S/C20H27N3O4/c1-20(2,3)23-17(25)15-8-7-13(12-16(15)18(23)26)21-19(27)22-10-5-4-6-14(22)9-11-24/h7-8,12,14,24H,4-6,9-11H2,1-3H3,(H,21,27). The minimum absolute atomic E-state index is 0.0257. The molecule has 0 aromatic heterocycles. The Bertz CT molecular complexity index is 767. The third-order valence-electron chi connectivity index (χ3n) is 5.16. The van der Waals surface area contributed by atoms with E-state index in [-0.39, 0.29) is 30.5 Å². The number of urea groups is 1. The molecule has 2 aliphatic rings. The number of aliphatic hydroxyl groups excluding tert-OH is 1. The summed E-state index contributed by atoms with van der Waals surface area (Å²) in [7, 11) is 0. The summed E-state index contributed by atoms with van der Waals surface area (Å²) < 4.78 is 0. The van der Waals surface area contributed by atoms with Crippen LogP contribution in [0.5, 0.6) is 0 Å². The van der Waals surface area contributed by atoms with Gasteiger partial charge in [0, 0.05) is 30.4 Å². The summed E-state index contributed by atoms with van der Waals surface area (Å²) in [6.07, 6.45) is 3.43. The second kappa shape index (κ2) is 7.31. The van der Waals surface area contributed by atoms with E-state index in [4.69, 9.17) is 0 Å². The number of aliphatic hydroxyl groups is 1. The lowest BCUT2D eigenvalue weighted by atomic mass is 10.00. The van der Waals surface area contributed by atoms with Crippen LogP contribution in [0.25, 0.3) is 0 Å². The highest BCUT2D eigenvalue weighted by atomic mass is 16.3. The van der Waals surface area contributed by atoms with Gasteiger partial charge in [-0.15, -0.1) is 0 Å². The molecule has 1 atom stereocenters. The smallest absolute Gasteiger partial charge is 0.322 e. The van der Waals surface area contributed by atoms with Crippen molar-refractivity contribution in [2.45, 2.75) is 58.0 Å². The van der Waals surface area contributed by atoms with E-state index in [1.165, 1.54) is 4.90 Å². The van der Waals surface area contributed by atoms with Crippen LogP contribution in [-0.4, -0.2) is 57.5 Å². The fraction of sp³-hybridized carbons (Fsp3) is 0.550. The summed E-state index contributed by atoms with van der Waals surface area (Å²) in [6, 6.07) is 4.61. The molecule has 1 unspecified atom stereocenters. The van der Waals surface area contributed by atoms with E-state index >= 15 is 0 Å². The molecule has 1 saturated heterocycles. The van der Waals surface area contributed by atoms with Crippen LogP contribution in [0.15, 0.2) is 18.2 Å². The molecule has 7 nitrogen and oxygen atoms in total. The Morgan fingerprint density at radius 2 is 1.89 bits per heavy atom. The lowest BCUT2D eigenvalue weighted by Gasteiger charge is -2.35. The van der Waals surface area contributed by atoms with Crippen LogP contribution in [0, 0.1) is 0 Å². The molecule has 3 rings (SSSR count). The summed E-state index contributed by atoms with van der Waals surface area (Å²) in [6.45, 7) is 6.14. The topological polar surface area (TPSA) is 90.0 Å². The first-order valence-electron chi connectivity index (χ1n) is 9.45. The van der Waals surface area contributed by atoms with Crippen LogP contribution in [-0.2, 0) is 0 Å². The first-order valence-corrected chi connectivity index (χ1v) is 9.45. The SMILES string of the molecule is CC(C)(C)N1C(=O)c2ccc(NC(=O)N3CCCCC3CCO)cc2C1=O. The van der Waals surface area contributed by atoms with Gasteiger partial charge in [-0.25, -0.2) is 4.79 Å². The molecule has 0 spiro atoms. The lowest BCUT2D eigenvalue weighted by molar-refractivity contribution is 0.0507. The molecular weight excluding hydrogens is 346 g/mol. The molecule has 4 amide bonds. The molecular formula is C20H27N3O4. The quantitative estimate of drug-likeness (QED) is 0.797. The Morgan fingerprint density at radius 3 is 2.56 bits per heavy atom. The van der Waals surface area contributed by atoms with Crippen molar-refractivity contribution in [3.05, 3.63) is 29.3 Å². The number of likely N-dealkylation sites (tertiary alicyclic amines) is 1. The normalized spacial score (nSPS) is 20.1. The van der Waals surface area contributed by atoms with Crippen LogP contribution >= 0.6 is 0 Å². The van der Waals surface area contributed by atoms with E-state index < -0.39 is 5.54 Å². The van der Waals surface area contributed by atoms with Crippen LogP contribution in [0.1, 0.15) is 67.2 Å². The van der Waals surface area contributed by atoms with Gasteiger partial charge in [0.2, 0.25) is 0 Å². The Hall–Kier alpha value is -2.41. The number of rotatable bonds is 3. The number of imide groups is 1. The zero-order valence-corrected chi connectivity index (χ0v) is 16.1. The molecule has 0 bridgehead atoms. The van der Waals surface area contributed by atoms with Crippen molar-refractivity contribution in [1.82, 2.24) is 9.80 Å². The van der Waals surface area contributed by atoms with Gasteiger partial charge in [0.15, 0.2) is 0 Å². The predicted molar refractivity (Wildman–Crippen MR) is 102 cm³/mol. The van der Waals surface area contributed by atoms with Crippen LogP contribution in [0.2, 0.25) is 0 Å². The van der Waals surface area contributed by atoms with Gasteiger partial charge in [0.25, 0.3) is 11.8 Å². The van der Waals surface area contributed by atoms with Gasteiger partial charge < -0.3 is 15.3 Å². The first kappa shape index (κ1) is 19.4. The number of nitrogens with one attached hydrogen (secondary N) is 1. The van der Waals surface area contributed by atoms with Gasteiger partial charge >= 0.3 is 6.03 Å². The molecule has 2 aliphatic heterocycles. The van der Waals surface area contributed by atoms with E-state index in [0.717, 1.165) is 19.3 Å². The number of piperidine rings is 1. The highest BCUT2D eigenvalue weighted by Gasteiger charge is 2.42. The fourth-order valence-electron chi connectivity index (χ4n) is 3.84. The van der Waals surface area contributed by atoms with Crippen molar-refractivity contribution in [1.29, 1.82) is 0 Å². The minimum Gasteiger partial charge on any atom is -0.396 e. The summed E-state index contributed by atoms with van der Waals surface area (Å²) in [4.78, 5) is 40.9. The van der Waals surface area contributed by atoms with E-state index in [2.05, 4.69) is 5.32 Å². The maximum atomic E-state index is 12.7. The Labute approximate surface area is 159 Å². The van der Waals surface area contributed by atoms with E-state index in [1.807, 2.05) is 20.8 Å². The molecule has 0 aliphatic carbocycles. The van der Waals surface area contributed by atoms with Gasteiger partial charge in [0.05, 0.1) is 11.1 Å².